The summed E-state index contributed by atoms with van der Waals surface area (Å²) in [5.74, 6) is 1.53. The quantitative estimate of drug-likeness (QED) is 0.497. The molecular formula is C27H22N2O2. The van der Waals surface area contributed by atoms with Crippen molar-refractivity contribution >= 4 is 5.84 Å². The van der Waals surface area contributed by atoms with Gasteiger partial charge in [-0.3, -0.25) is 0 Å². The highest BCUT2D eigenvalue weighted by Crippen LogP contribution is 2.46. The summed E-state index contributed by atoms with van der Waals surface area (Å²) in [6.07, 6.45) is 0. The second-order valence-electron chi connectivity index (χ2n) is 7.61. The summed E-state index contributed by atoms with van der Waals surface area (Å²) >= 11 is 0. The smallest absolute Gasteiger partial charge is 0.139 e. The van der Waals surface area contributed by atoms with Crippen LogP contribution in [0.1, 0.15) is 22.3 Å². The largest absolute Gasteiger partial charge is 0.508 e. The average Bonchev–Trinajstić information content (AvgIpc) is 3.13. The van der Waals surface area contributed by atoms with Gasteiger partial charge in [0.15, 0.2) is 0 Å². The topological polar surface area (TPSA) is 67.8 Å². The van der Waals surface area contributed by atoms with Crippen LogP contribution in [-0.4, -0.2) is 18.1 Å². The Morgan fingerprint density at radius 2 is 1.48 bits per heavy atom. The molecule has 4 aromatic rings. The zero-order valence-corrected chi connectivity index (χ0v) is 17.1. The molecule has 4 aromatic carbocycles. The minimum atomic E-state index is -0.788. The molecule has 0 spiro atoms. The lowest BCUT2D eigenvalue weighted by Gasteiger charge is -2.29. The Hall–Kier alpha value is -4.05. The molecule has 1 aliphatic heterocycles. The summed E-state index contributed by atoms with van der Waals surface area (Å²) in [6.45, 7) is 0. The molecule has 0 saturated carbocycles. The number of methoxy groups -OCH3 is 1. The van der Waals surface area contributed by atoms with Crippen LogP contribution >= 0.6 is 0 Å². The molecule has 0 saturated heterocycles. The van der Waals surface area contributed by atoms with Crippen LogP contribution in [-0.2, 0) is 5.54 Å². The van der Waals surface area contributed by atoms with Crippen LogP contribution in [0.3, 0.4) is 0 Å². The van der Waals surface area contributed by atoms with Gasteiger partial charge >= 0.3 is 0 Å². The Morgan fingerprint density at radius 3 is 2.26 bits per heavy atom. The first kappa shape index (κ1) is 18.9. The number of rotatable bonds is 4. The molecule has 1 atom stereocenters. The van der Waals surface area contributed by atoms with E-state index in [1.54, 1.807) is 19.2 Å². The fourth-order valence-electron chi connectivity index (χ4n) is 4.36. The number of phenolic OH excluding ortho intramolecular Hbond substituents is 1. The summed E-state index contributed by atoms with van der Waals surface area (Å²) < 4.78 is 5.41. The van der Waals surface area contributed by atoms with Crippen LogP contribution in [0.5, 0.6) is 11.5 Å². The molecule has 0 fully saturated rings. The first-order chi connectivity index (χ1) is 15.1. The van der Waals surface area contributed by atoms with E-state index in [-0.39, 0.29) is 5.75 Å². The summed E-state index contributed by atoms with van der Waals surface area (Å²) in [5, 5.41) is 9.87. The Morgan fingerprint density at radius 1 is 0.774 bits per heavy atom. The van der Waals surface area contributed by atoms with Gasteiger partial charge in [0, 0.05) is 5.56 Å². The standard InChI is InChI=1S/C27H22N2O2/c1-31-23-9-5-7-19(17-23)18-6-4-8-21(16-18)27(20-12-14-22(30)15-13-20)25-11-3-2-10-24(25)26(28)29-27/h2-17,30H,1H3,(H2,28,29). The number of ether oxygens (including phenoxy) is 1. The van der Waals surface area contributed by atoms with Crippen molar-refractivity contribution in [1.82, 2.24) is 0 Å². The number of nitrogens with zero attached hydrogens (tertiary/aromatic N) is 1. The summed E-state index contributed by atoms with van der Waals surface area (Å²) in [6, 6.07) is 31.6. The maximum absolute atomic E-state index is 9.87. The van der Waals surface area contributed by atoms with Crippen LogP contribution < -0.4 is 10.5 Å². The predicted octanol–water partition coefficient (Wildman–Crippen LogP) is 5.08. The number of benzene rings is 4. The number of phenols is 1. The molecule has 0 radical (unpaired) electrons. The monoisotopic (exact) mass is 406 g/mol. The zero-order chi connectivity index (χ0) is 21.4. The number of aliphatic imine (C=N–C) groups is 1. The van der Waals surface area contributed by atoms with Crippen LogP contribution in [0.25, 0.3) is 11.1 Å². The van der Waals surface area contributed by atoms with E-state index in [2.05, 4.69) is 30.3 Å². The van der Waals surface area contributed by atoms with Gasteiger partial charge in [0.25, 0.3) is 0 Å². The third kappa shape index (κ3) is 3.04. The van der Waals surface area contributed by atoms with Gasteiger partial charge < -0.3 is 15.6 Å². The van der Waals surface area contributed by atoms with Crippen LogP contribution in [0.2, 0.25) is 0 Å². The van der Waals surface area contributed by atoms with Gasteiger partial charge in [0.05, 0.1) is 7.11 Å². The number of aromatic hydroxyl groups is 1. The van der Waals surface area contributed by atoms with Gasteiger partial charge in [-0.15, -0.1) is 0 Å². The molecule has 1 aliphatic rings. The molecule has 0 amide bonds. The van der Waals surface area contributed by atoms with Gasteiger partial charge in [-0.1, -0.05) is 66.7 Å². The Kier molecular flexibility index (Phi) is 4.48. The summed E-state index contributed by atoms with van der Waals surface area (Å²) in [4.78, 5) is 5.01. The third-order valence-corrected chi connectivity index (χ3v) is 5.85. The molecule has 1 heterocycles. The van der Waals surface area contributed by atoms with Crippen LogP contribution in [0, 0.1) is 0 Å². The van der Waals surface area contributed by atoms with Crippen molar-refractivity contribution in [3.63, 3.8) is 0 Å². The van der Waals surface area contributed by atoms with Gasteiger partial charge in [0.1, 0.15) is 22.9 Å². The second-order valence-corrected chi connectivity index (χ2v) is 7.61. The van der Waals surface area contributed by atoms with E-state index in [9.17, 15) is 5.11 Å². The number of hydrogen-bond donors (Lipinski definition) is 2. The molecule has 5 rings (SSSR count). The Balaban J connectivity index is 1.76. The van der Waals surface area contributed by atoms with Gasteiger partial charge in [-0.25, -0.2) is 4.99 Å². The van der Waals surface area contributed by atoms with Crippen molar-refractivity contribution in [2.24, 2.45) is 10.7 Å². The van der Waals surface area contributed by atoms with E-state index in [1.807, 2.05) is 54.6 Å². The lowest BCUT2D eigenvalue weighted by molar-refractivity contribution is 0.415. The highest BCUT2D eigenvalue weighted by Gasteiger charge is 2.42. The Labute approximate surface area is 181 Å². The fourth-order valence-corrected chi connectivity index (χ4v) is 4.36. The molecule has 4 nitrogen and oxygen atoms in total. The number of amidine groups is 1. The van der Waals surface area contributed by atoms with Crippen molar-refractivity contribution in [1.29, 1.82) is 0 Å². The van der Waals surface area contributed by atoms with Gasteiger partial charge in [0.2, 0.25) is 0 Å². The highest BCUT2D eigenvalue weighted by molar-refractivity contribution is 6.03. The second kappa shape index (κ2) is 7.33. The van der Waals surface area contributed by atoms with E-state index in [0.717, 1.165) is 39.1 Å². The van der Waals surface area contributed by atoms with E-state index in [4.69, 9.17) is 15.5 Å². The SMILES string of the molecule is COc1cccc(-c2cccc(C3(c4ccc(O)cc4)N=C(N)c4ccccc43)c2)c1. The maximum Gasteiger partial charge on any atom is 0.139 e. The van der Waals surface area contributed by atoms with E-state index in [0.29, 0.717) is 5.84 Å². The van der Waals surface area contributed by atoms with Crippen molar-refractivity contribution < 1.29 is 9.84 Å². The minimum absolute atomic E-state index is 0.215. The van der Waals surface area contributed by atoms with Crippen molar-refractivity contribution in [3.8, 4) is 22.6 Å². The molecule has 0 bridgehead atoms. The molecule has 1 unspecified atom stereocenters. The number of fused-ring (bicyclic) bond motifs is 1. The Bertz CT molecular complexity index is 1290. The number of hydrogen-bond acceptors (Lipinski definition) is 4. The first-order valence-corrected chi connectivity index (χ1v) is 10.1. The predicted molar refractivity (Wildman–Crippen MR) is 124 cm³/mol. The fraction of sp³-hybridized carbons (Fsp3) is 0.0741. The normalized spacial score (nSPS) is 17.1. The molecule has 0 aromatic heterocycles. The number of nitrogens with two attached hydrogens (primary N) is 1. The van der Waals surface area contributed by atoms with Crippen LogP contribution in [0.4, 0.5) is 0 Å². The first-order valence-electron chi connectivity index (χ1n) is 10.1. The van der Waals surface area contributed by atoms with Crippen LogP contribution in [0.15, 0.2) is 102 Å². The molecule has 3 N–H and O–H groups in total. The molecule has 4 heteroatoms. The van der Waals surface area contributed by atoms with Crippen molar-refractivity contribution in [2.45, 2.75) is 5.54 Å². The molecular weight excluding hydrogens is 384 g/mol. The average molecular weight is 406 g/mol. The van der Waals surface area contributed by atoms with E-state index >= 15 is 0 Å². The molecule has 152 valence electrons. The third-order valence-electron chi connectivity index (χ3n) is 5.85. The van der Waals surface area contributed by atoms with E-state index < -0.39 is 5.54 Å². The van der Waals surface area contributed by atoms with Gasteiger partial charge in [-0.05, 0) is 58.1 Å². The van der Waals surface area contributed by atoms with Crippen molar-refractivity contribution in [2.75, 3.05) is 7.11 Å². The summed E-state index contributed by atoms with van der Waals surface area (Å²) in [5.41, 5.74) is 11.6. The maximum atomic E-state index is 9.87. The highest BCUT2D eigenvalue weighted by atomic mass is 16.5. The lowest BCUT2D eigenvalue weighted by atomic mass is 9.77. The lowest BCUT2D eigenvalue weighted by Crippen LogP contribution is -2.25. The minimum Gasteiger partial charge on any atom is -0.508 e. The van der Waals surface area contributed by atoms with Crippen molar-refractivity contribution in [3.05, 3.63) is 119 Å². The molecule has 31 heavy (non-hydrogen) atoms. The summed E-state index contributed by atoms with van der Waals surface area (Å²) in [7, 11) is 1.67. The zero-order valence-electron chi connectivity index (χ0n) is 17.1. The van der Waals surface area contributed by atoms with Gasteiger partial charge in [-0.2, -0.15) is 0 Å². The molecule has 0 aliphatic carbocycles. The van der Waals surface area contributed by atoms with E-state index in [1.165, 1.54) is 0 Å².